The normalized spacial score (nSPS) is 12.6. The van der Waals surface area contributed by atoms with E-state index in [2.05, 4.69) is 11.7 Å². The van der Waals surface area contributed by atoms with Gasteiger partial charge in [0.25, 0.3) is 0 Å². The highest BCUT2D eigenvalue weighted by atomic mass is 32.2. The molecule has 4 heteroatoms. The van der Waals surface area contributed by atoms with E-state index in [4.69, 9.17) is 5.73 Å². The van der Waals surface area contributed by atoms with Crippen LogP contribution in [0.15, 0.2) is 0 Å². The third-order valence-electron chi connectivity index (χ3n) is 1.49. The van der Waals surface area contributed by atoms with Crippen molar-refractivity contribution >= 4 is 17.7 Å². The average Bonchev–Trinajstić information content (AvgIpc) is 2.05. The van der Waals surface area contributed by atoms with Crippen LogP contribution in [0.3, 0.4) is 0 Å². The van der Waals surface area contributed by atoms with E-state index < -0.39 is 0 Å². The molecule has 0 aliphatic rings. The summed E-state index contributed by atoms with van der Waals surface area (Å²) in [6, 6.07) is -0.0449. The molecule has 0 aliphatic carbocycles. The Labute approximate surface area is 78.0 Å². The average molecular weight is 191 g/mol. The van der Waals surface area contributed by atoms with Crippen molar-refractivity contribution < 1.29 is 9.53 Å². The van der Waals surface area contributed by atoms with Gasteiger partial charge in [0.05, 0.1) is 13.5 Å². The third kappa shape index (κ3) is 6.49. The zero-order chi connectivity index (χ0) is 9.40. The summed E-state index contributed by atoms with van der Waals surface area (Å²) in [6.07, 6.45) is 1.22. The lowest BCUT2D eigenvalue weighted by Crippen LogP contribution is -2.25. The molecular formula is C8H17NO2S. The van der Waals surface area contributed by atoms with Crippen LogP contribution in [-0.2, 0) is 9.53 Å². The summed E-state index contributed by atoms with van der Waals surface area (Å²) >= 11 is 1.84. The number of ether oxygens (including phenoxy) is 1. The van der Waals surface area contributed by atoms with Gasteiger partial charge < -0.3 is 10.5 Å². The first-order valence-corrected chi connectivity index (χ1v) is 5.26. The standard InChI is InChI=1S/C8H17NO2S/c1-3-12-5-4-7(9)6-8(10)11-2/h7H,3-6,9H2,1-2H3. The van der Waals surface area contributed by atoms with E-state index in [0.29, 0.717) is 6.42 Å². The summed E-state index contributed by atoms with van der Waals surface area (Å²) in [7, 11) is 1.38. The number of hydrogen-bond acceptors (Lipinski definition) is 4. The largest absolute Gasteiger partial charge is 0.469 e. The highest BCUT2D eigenvalue weighted by molar-refractivity contribution is 7.99. The second kappa shape index (κ2) is 7.43. The molecular weight excluding hydrogens is 174 g/mol. The number of methoxy groups -OCH3 is 1. The van der Waals surface area contributed by atoms with E-state index in [9.17, 15) is 4.79 Å². The van der Waals surface area contributed by atoms with Gasteiger partial charge in [-0.25, -0.2) is 0 Å². The molecule has 0 aromatic rings. The van der Waals surface area contributed by atoms with Gasteiger partial charge in [0.15, 0.2) is 0 Å². The predicted molar refractivity (Wildman–Crippen MR) is 52.2 cm³/mol. The van der Waals surface area contributed by atoms with Crippen LogP contribution >= 0.6 is 11.8 Å². The van der Waals surface area contributed by atoms with E-state index in [0.717, 1.165) is 17.9 Å². The van der Waals surface area contributed by atoms with Gasteiger partial charge in [0, 0.05) is 6.04 Å². The van der Waals surface area contributed by atoms with Crippen molar-refractivity contribution in [3.63, 3.8) is 0 Å². The van der Waals surface area contributed by atoms with Gasteiger partial charge >= 0.3 is 5.97 Å². The van der Waals surface area contributed by atoms with E-state index in [1.165, 1.54) is 7.11 Å². The minimum absolute atomic E-state index is 0.0449. The summed E-state index contributed by atoms with van der Waals surface area (Å²) in [4.78, 5) is 10.7. The maximum Gasteiger partial charge on any atom is 0.307 e. The molecule has 0 aliphatic heterocycles. The van der Waals surface area contributed by atoms with Gasteiger partial charge in [0.1, 0.15) is 0 Å². The Morgan fingerprint density at radius 3 is 2.83 bits per heavy atom. The fraction of sp³-hybridized carbons (Fsp3) is 0.875. The summed E-state index contributed by atoms with van der Waals surface area (Å²) < 4.78 is 4.50. The zero-order valence-electron chi connectivity index (χ0n) is 7.71. The molecule has 0 aromatic carbocycles. The van der Waals surface area contributed by atoms with Gasteiger partial charge in [-0.15, -0.1) is 0 Å². The Kier molecular flexibility index (Phi) is 7.29. The summed E-state index contributed by atoms with van der Waals surface area (Å²) in [6.45, 7) is 2.11. The number of carbonyl (C=O) groups excluding carboxylic acids is 1. The highest BCUT2D eigenvalue weighted by Crippen LogP contribution is 2.05. The molecule has 1 atom stereocenters. The zero-order valence-corrected chi connectivity index (χ0v) is 8.52. The van der Waals surface area contributed by atoms with Gasteiger partial charge in [-0.05, 0) is 17.9 Å². The third-order valence-corrected chi connectivity index (χ3v) is 2.43. The molecule has 0 radical (unpaired) electrons. The van der Waals surface area contributed by atoms with Crippen molar-refractivity contribution in [2.45, 2.75) is 25.8 Å². The minimum atomic E-state index is -0.219. The van der Waals surface area contributed by atoms with Crippen LogP contribution in [0.25, 0.3) is 0 Å². The van der Waals surface area contributed by atoms with Crippen molar-refractivity contribution in [3.05, 3.63) is 0 Å². The smallest absolute Gasteiger partial charge is 0.307 e. The molecule has 0 heterocycles. The number of hydrogen-bond donors (Lipinski definition) is 1. The lowest BCUT2D eigenvalue weighted by Gasteiger charge is -2.08. The van der Waals surface area contributed by atoms with Crippen molar-refractivity contribution in [2.24, 2.45) is 5.73 Å². The molecule has 0 saturated carbocycles. The van der Waals surface area contributed by atoms with E-state index in [1.807, 2.05) is 11.8 Å². The molecule has 2 N–H and O–H groups in total. The minimum Gasteiger partial charge on any atom is -0.469 e. The monoisotopic (exact) mass is 191 g/mol. The van der Waals surface area contributed by atoms with Gasteiger partial charge in [-0.3, -0.25) is 4.79 Å². The molecule has 12 heavy (non-hydrogen) atoms. The lowest BCUT2D eigenvalue weighted by atomic mass is 10.2. The Hall–Kier alpha value is -0.220. The van der Waals surface area contributed by atoms with Crippen molar-refractivity contribution in [3.8, 4) is 0 Å². The molecule has 0 spiro atoms. The lowest BCUT2D eigenvalue weighted by molar-refractivity contribution is -0.141. The van der Waals surface area contributed by atoms with Crippen molar-refractivity contribution in [2.75, 3.05) is 18.6 Å². The van der Waals surface area contributed by atoms with Crippen molar-refractivity contribution in [1.29, 1.82) is 0 Å². The topological polar surface area (TPSA) is 52.3 Å². The predicted octanol–water partition coefficient (Wildman–Crippen LogP) is 1.02. The van der Waals surface area contributed by atoms with Crippen LogP contribution in [0.5, 0.6) is 0 Å². The first-order valence-electron chi connectivity index (χ1n) is 4.10. The number of esters is 1. The first-order chi connectivity index (χ1) is 5.70. The fourth-order valence-corrected chi connectivity index (χ4v) is 1.54. The summed E-state index contributed by atoms with van der Waals surface area (Å²) in [5, 5.41) is 0. The van der Waals surface area contributed by atoms with E-state index in [1.54, 1.807) is 0 Å². The second-order valence-corrected chi connectivity index (χ2v) is 3.92. The van der Waals surface area contributed by atoms with Crippen LogP contribution in [0.4, 0.5) is 0 Å². The fourth-order valence-electron chi connectivity index (χ4n) is 0.779. The quantitative estimate of drug-likeness (QED) is 0.503. The Balaban J connectivity index is 3.32. The van der Waals surface area contributed by atoms with Crippen LogP contribution in [-0.4, -0.2) is 30.6 Å². The van der Waals surface area contributed by atoms with Crippen molar-refractivity contribution in [1.82, 2.24) is 0 Å². The van der Waals surface area contributed by atoms with Crippen LogP contribution in [0.1, 0.15) is 19.8 Å². The number of nitrogens with two attached hydrogens (primary N) is 1. The number of carbonyl (C=O) groups is 1. The van der Waals surface area contributed by atoms with Crippen LogP contribution in [0, 0.1) is 0 Å². The van der Waals surface area contributed by atoms with Gasteiger partial charge in [0.2, 0.25) is 0 Å². The van der Waals surface area contributed by atoms with Crippen LogP contribution < -0.4 is 5.73 Å². The molecule has 0 amide bonds. The Morgan fingerprint density at radius 1 is 1.67 bits per heavy atom. The van der Waals surface area contributed by atoms with Crippen LogP contribution in [0.2, 0.25) is 0 Å². The molecule has 0 rings (SSSR count). The summed E-state index contributed by atoms with van der Waals surface area (Å²) in [5.74, 6) is 1.91. The second-order valence-electron chi connectivity index (χ2n) is 2.53. The molecule has 0 saturated heterocycles. The van der Waals surface area contributed by atoms with Gasteiger partial charge in [-0.1, -0.05) is 6.92 Å². The molecule has 0 aromatic heterocycles. The molecule has 1 unspecified atom stereocenters. The maximum absolute atomic E-state index is 10.7. The molecule has 3 nitrogen and oxygen atoms in total. The Morgan fingerprint density at radius 2 is 2.33 bits per heavy atom. The molecule has 0 fully saturated rings. The first kappa shape index (κ1) is 11.8. The highest BCUT2D eigenvalue weighted by Gasteiger charge is 2.08. The van der Waals surface area contributed by atoms with E-state index in [-0.39, 0.29) is 12.0 Å². The SMILES string of the molecule is CCSCCC(N)CC(=O)OC. The molecule has 0 bridgehead atoms. The molecule has 72 valence electrons. The van der Waals surface area contributed by atoms with E-state index >= 15 is 0 Å². The summed E-state index contributed by atoms with van der Waals surface area (Å²) in [5.41, 5.74) is 5.68. The number of rotatable bonds is 6. The Bertz CT molecular complexity index is 130. The maximum atomic E-state index is 10.7. The number of thioether (sulfide) groups is 1. The van der Waals surface area contributed by atoms with Gasteiger partial charge in [-0.2, -0.15) is 11.8 Å².